The van der Waals surface area contributed by atoms with E-state index in [9.17, 15) is 0 Å². The summed E-state index contributed by atoms with van der Waals surface area (Å²) in [6, 6.07) is 7.71. The Labute approximate surface area is 116 Å². The summed E-state index contributed by atoms with van der Waals surface area (Å²) in [5.41, 5.74) is 8.91. The number of fused-ring (bicyclic) bond motifs is 1. The molecule has 0 atom stereocenters. The molecule has 2 N–H and O–H groups in total. The normalized spacial score (nSPS) is 14.2. The standard InChI is InChI=1S/C14H14ClN3O/c15-11-4-2-1-3-9(11)7-13-17-12-5-6-19-8-10(12)14(16)18-13/h1-4H,5-8H2,(H2,16,17,18). The molecule has 1 aromatic carbocycles. The number of nitrogens with two attached hydrogens (primary N) is 1. The second-order valence-electron chi connectivity index (χ2n) is 4.52. The van der Waals surface area contributed by atoms with Gasteiger partial charge in [-0.05, 0) is 11.6 Å². The monoisotopic (exact) mass is 275 g/mol. The average Bonchev–Trinajstić information content (AvgIpc) is 2.42. The fraction of sp³-hybridized carbons (Fsp3) is 0.286. The van der Waals surface area contributed by atoms with Crippen molar-refractivity contribution in [2.75, 3.05) is 12.3 Å². The smallest absolute Gasteiger partial charge is 0.135 e. The lowest BCUT2D eigenvalue weighted by Crippen LogP contribution is -2.17. The topological polar surface area (TPSA) is 61.0 Å². The Kier molecular flexibility index (Phi) is 3.36. The van der Waals surface area contributed by atoms with Crippen molar-refractivity contribution in [3.8, 4) is 0 Å². The maximum absolute atomic E-state index is 6.15. The van der Waals surface area contributed by atoms with Gasteiger partial charge in [0.25, 0.3) is 0 Å². The van der Waals surface area contributed by atoms with E-state index in [0.29, 0.717) is 31.3 Å². The Morgan fingerprint density at radius 1 is 1.26 bits per heavy atom. The minimum atomic E-state index is 0.507. The molecular weight excluding hydrogens is 262 g/mol. The highest BCUT2D eigenvalue weighted by molar-refractivity contribution is 6.31. The Hall–Kier alpha value is -1.65. The highest BCUT2D eigenvalue weighted by Gasteiger charge is 2.17. The van der Waals surface area contributed by atoms with Crippen LogP contribution in [0.15, 0.2) is 24.3 Å². The number of benzene rings is 1. The highest BCUT2D eigenvalue weighted by atomic mass is 35.5. The predicted molar refractivity (Wildman–Crippen MR) is 74.1 cm³/mol. The highest BCUT2D eigenvalue weighted by Crippen LogP contribution is 2.22. The van der Waals surface area contributed by atoms with E-state index in [4.69, 9.17) is 22.1 Å². The van der Waals surface area contributed by atoms with Crippen LogP contribution < -0.4 is 5.73 Å². The fourth-order valence-corrected chi connectivity index (χ4v) is 2.40. The van der Waals surface area contributed by atoms with Crippen molar-refractivity contribution in [2.24, 2.45) is 0 Å². The van der Waals surface area contributed by atoms with Crippen molar-refractivity contribution in [1.82, 2.24) is 9.97 Å². The van der Waals surface area contributed by atoms with Crippen molar-refractivity contribution in [3.05, 3.63) is 51.9 Å². The van der Waals surface area contributed by atoms with Crippen LogP contribution >= 0.6 is 11.6 Å². The molecule has 0 unspecified atom stereocenters. The van der Waals surface area contributed by atoms with Gasteiger partial charge in [-0.2, -0.15) is 0 Å². The van der Waals surface area contributed by atoms with Crippen LogP contribution in [0.2, 0.25) is 5.02 Å². The molecule has 2 heterocycles. The van der Waals surface area contributed by atoms with E-state index in [1.54, 1.807) is 0 Å². The van der Waals surface area contributed by atoms with Gasteiger partial charge in [0.15, 0.2) is 0 Å². The van der Waals surface area contributed by atoms with Crippen molar-refractivity contribution in [2.45, 2.75) is 19.4 Å². The second kappa shape index (κ2) is 5.15. The van der Waals surface area contributed by atoms with Crippen molar-refractivity contribution < 1.29 is 4.74 Å². The SMILES string of the molecule is Nc1nc(Cc2ccccc2Cl)nc2c1COCC2. The summed E-state index contributed by atoms with van der Waals surface area (Å²) in [5.74, 6) is 1.23. The molecule has 98 valence electrons. The molecule has 4 nitrogen and oxygen atoms in total. The first-order valence-corrected chi connectivity index (χ1v) is 6.57. The van der Waals surface area contributed by atoms with Crippen molar-refractivity contribution in [3.63, 3.8) is 0 Å². The van der Waals surface area contributed by atoms with Crippen LogP contribution in [0.3, 0.4) is 0 Å². The van der Waals surface area contributed by atoms with E-state index in [0.717, 1.165) is 28.3 Å². The summed E-state index contributed by atoms with van der Waals surface area (Å²) in [6.45, 7) is 1.20. The minimum Gasteiger partial charge on any atom is -0.383 e. The maximum atomic E-state index is 6.15. The number of hydrogen-bond acceptors (Lipinski definition) is 4. The van der Waals surface area contributed by atoms with Crippen molar-refractivity contribution in [1.29, 1.82) is 0 Å². The number of aromatic nitrogens is 2. The van der Waals surface area contributed by atoms with Crippen molar-refractivity contribution >= 4 is 17.4 Å². The summed E-state index contributed by atoms with van der Waals surface area (Å²) in [4.78, 5) is 8.93. The van der Waals surface area contributed by atoms with Crippen LogP contribution in [0.5, 0.6) is 0 Å². The lowest BCUT2D eigenvalue weighted by Gasteiger charge is -2.17. The molecule has 5 heteroatoms. The van der Waals surface area contributed by atoms with E-state index >= 15 is 0 Å². The number of halogens is 1. The zero-order valence-electron chi connectivity index (χ0n) is 10.4. The molecule has 1 aromatic heterocycles. The Morgan fingerprint density at radius 3 is 2.95 bits per heavy atom. The van der Waals surface area contributed by atoms with Gasteiger partial charge in [0.2, 0.25) is 0 Å². The molecule has 0 spiro atoms. The molecule has 0 aliphatic carbocycles. The molecule has 3 rings (SSSR count). The minimum absolute atomic E-state index is 0.507. The van der Waals surface area contributed by atoms with Gasteiger partial charge in [0, 0.05) is 23.4 Å². The number of nitrogen functional groups attached to an aromatic ring is 1. The third kappa shape index (κ3) is 2.55. The number of rotatable bonds is 2. The molecule has 2 aromatic rings. The summed E-state index contributed by atoms with van der Waals surface area (Å²) < 4.78 is 5.37. The molecule has 0 saturated carbocycles. The summed E-state index contributed by atoms with van der Waals surface area (Å²) in [6.07, 6.45) is 1.38. The van der Waals surface area contributed by atoms with E-state index in [1.807, 2.05) is 24.3 Å². The lowest BCUT2D eigenvalue weighted by atomic mass is 10.1. The number of anilines is 1. The van der Waals surface area contributed by atoms with E-state index in [-0.39, 0.29) is 0 Å². The van der Waals surface area contributed by atoms with E-state index < -0.39 is 0 Å². The van der Waals surface area contributed by atoms with Crippen LogP contribution in [0.4, 0.5) is 5.82 Å². The van der Waals surface area contributed by atoms with Crippen LogP contribution in [-0.4, -0.2) is 16.6 Å². The molecule has 0 fully saturated rings. The quantitative estimate of drug-likeness (QED) is 0.914. The first kappa shape index (κ1) is 12.4. The number of hydrogen-bond donors (Lipinski definition) is 1. The molecule has 0 bridgehead atoms. The molecule has 0 amide bonds. The number of ether oxygens (including phenoxy) is 1. The average molecular weight is 276 g/mol. The molecule has 1 aliphatic heterocycles. The summed E-state index contributed by atoms with van der Waals surface area (Å²) >= 11 is 6.15. The van der Waals surface area contributed by atoms with Gasteiger partial charge in [0.1, 0.15) is 11.6 Å². The first-order valence-electron chi connectivity index (χ1n) is 6.19. The molecular formula is C14H14ClN3O. The maximum Gasteiger partial charge on any atom is 0.135 e. The van der Waals surface area contributed by atoms with Crippen LogP contribution in [0.1, 0.15) is 22.6 Å². The second-order valence-corrected chi connectivity index (χ2v) is 4.93. The zero-order valence-corrected chi connectivity index (χ0v) is 11.2. The molecule has 0 radical (unpaired) electrons. The largest absolute Gasteiger partial charge is 0.383 e. The zero-order chi connectivity index (χ0) is 13.2. The van der Waals surface area contributed by atoms with Gasteiger partial charge in [-0.15, -0.1) is 0 Å². The van der Waals surface area contributed by atoms with Gasteiger partial charge in [-0.3, -0.25) is 0 Å². The van der Waals surface area contributed by atoms with Crippen LogP contribution in [0, 0.1) is 0 Å². The Balaban J connectivity index is 1.94. The van der Waals surface area contributed by atoms with Gasteiger partial charge >= 0.3 is 0 Å². The molecule has 19 heavy (non-hydrogen) atoms. The Morgan fingerprint density at radius 2 is 2.11 bits per heavy atom. The van der Waals surface area contributed by atoms with Gasteiger partial charge in [-0.25, -0.2) is 9.97 Å². The van der Waals surface area contributed by atoms with Gasteiger partial charge < -0.3 is 10.5 Å². The third-order valence-corrected chi connectivity index (χ3v) is 3.58. The molecule has 0 saturated heterocycles. The first-order chi connectivity index (χ1) is 9.24. The van der Waals surface area contributed by atoms with Gasteiger partial charge in [0.05, 0.1) is 18.9 Å². The predicted octanol–water partition coefficient (Wildman–Crippen LogP) is 2.38. The number of nitrogens with zero attached hydrogens (tertiary/aromatic N) is 2. The van der Waals surface area contributed by atoms with Crippen LogP contribution in [-0.2, 0) is 24.2 Å². The lowest BCUT2D eigenvalue weighted by molar-refractivity contribution is 0.109. The van der Waals surface area contributed by atoms with E-state index in [1.165, 1.54) is 0 Å². The fourth-order valence-electron chi connectivity index (χ4n) is 2.20. The molecule has 1 aliphatic rings. The van der Waals surface area contributed by atoms with Crippen LogP contribution in [0.25, 0.3) is 0 Å². The Bertz CT molecular complexity index is 616. The van der Waals surface area contributed by atoms with Gasteiger partial charge in [-0.1, -0.05) is 29.8 Å². The summed E-state index contributed by atoms with van der Waals surface area (Å²) in [5, 5.41) is 0.728. The summed E-state index contributed by atoms with van der Waals surface area (Å²) in [7, 11) is 0. The van der Waals surface area contributed by atoms with E-state index in [2.05, 4.69) is 9.97 Å². The third-order valence-electron chi connectivity index (χ3n) is 3.21.